The van der Waals surface area contributed by atoms with Gasteiger partial charge in [0.15, 0.2) is 0 Å². The maximum Gasteiger partial charge on any atom is 0.0468 e. The van der Waals surface area contributed by atoms with Gasteiger partial charge in [-0.3, -0.25) is 0 Å². The molecule has 19 aromatic carbocycles. The van der Waals surface area contributed by atoms with Crippen LogP contribution >= 0.6 is 0 Å². The summed E-state index contributed by atoms with van der Waals surface area (Å²) < 4.78 is 0. The smallest absolute Gasteiger partial charge is 0.0468 e. The highest BCUT2D eigenvalue weighted by Crippen LogP contribution is 2.47. The van der Waals surface area contributed by atoms with Gasteiger partial charge in [-0.25, -0.2) is 0 Å². The molecule has 0 atom stereocenters. The molecule has 2 nitrogen and oxygen atoms in total. The summed E-state index contributed by atoms with van der Waals surface area (Å²) in [4.78, 5) is 4.80. The van der Waals surface area contributed by atoms with Gasteiger partial charge in [0, 0.05) is 34.1 Å². The molecule has 0 aliphatic rings. The molecule has 0 fully saturated rings. The quantitative estimate of drug-likeness (QED) is 0.0889. The van der Waals surface area contributed by atoms with E-state index in [-0.39, 0.29) is 0 Å². The van der Waals surface area contributed by atoms with Gasteiger partial charge in [0.05, 0.1) is 0 Å². The molecule has 0 saturated heterocycles. The summed E-state index contributed by atoms with van der Waals surface area (Å²) >= 11 is 0. The molecule has 0 saturated carbocycles. The van der Waals surface area contributed by atoms with Crippen molar-refractivity contribution in [3.63, 3.8) is 0 Å². The van der Waals surface area contributed by atoms with Gasteiger partial charge in [0.2, 0.25) is 0 Å². The van der Waals surface area contributed by atoms with Crippen LogP contribution in [0.25, 0.3) is 154 Å². The lowest BCUT2D eigenvalue weighted by atomic mass is 9.84. The Morgan fingerprint density at radius 1 is 0.150 bits per heavy atom. The van der Waals surface area contributed by atoms with Crippen molar-refractivity contribution in [3.8, 4) is 22.3 Å². The van der Waals surface area contributed by atoms with Crippen LogP contribution in [0.4, 0.5) is 34.1 Å². The molecule has 0 N–H and O–H groups in total. The average Bonchev–Trinajstić information content (AvgIpc) is 0.737. The van der Waals surface area contributed by atoms with E-state index in [0.29, 0.717) is 0 Å². The minimum Gasteiger partial charge on any atom is -0.310 e. The number of fused-ring (bicyclic) bond motifs is 15. The molecule has 0 aliphatic heterocycles. The van der Waals surface area contributed by atoms with Crippen LogP contribution in [0.1, 0.15) is 22.3 Å². The fraction of sp³-hybridized carbons (Fsp3) is 0. The van der Waals surface area contributed by atoms with Crippen molar-refractivity contribution in [2.24, 2.45) is 0 Å². The number of anilines is 6. The molecule has 0 unspecified atom stereocenters. The van der Waals surface area contributed by atoms with Crippen LogP contribution in [-0.4, -0.2) is 0 Å². The standard InChI is InChI=1S/C98H64N2/c1-3-19-73(20-4-1)97-93-53-35-67(29-27-65-31-45-79(46-32-65)99(81-49-55-89-75(61-81)41-37-69-15-7-11-23-85(69)89)82-50-56-90-76(62-82)42-38-70-16-8-12-24-86(70)90)59-95(93)96-60-68(36-54-94(96)98(97)74-21-5-2-6-22-74)30-28-66-33-47-80(48-34-66)100(83-51-57-91-77(63-83)43-39-71-17-9-13-25-87(71)91)84-52-58-92-78(64-84)44-40-72-18-10-14-26-88(72)92/h1-64H/b29-27+,30-28+. The van der Waals surface area contributed by atoms with Crippen molar-refractivity contribution in [1.82, 2.24) is 0 Å². The van der Waals surface area contributed by atoms with Crippen molar-refractivity contribution in [3.05, 3.63) is 386 Å². The second kappa shape index (κ2) is 24.5. The fourth-order valence-electron chi connectivity index (χ4n) is 15.6. The minimum absolute atomic E-state index is 1.09. The Morgan fingerprint density at radius 2 is 0.390 bits per heavy atom. The molecular weight excluding hydrogens is 1210 g/mol. The van der Waals surface area contributed by atoms with E-state index in [2.05, 4.69) is 398 Å². The predicted octanol–water partition coefficient (Wildman–Crippen LogP) is 27.8. The number of hydrogen-bond donors (Lipinski definition) is 0. The van der Waals surface area contributed by atoms with Crippen molar-refractivity contribution in [2.75, 3.05) is 9.80 Å². The van der Waals surface area contributed by atoms with Gasteiger partial charge in [-0.1, -0.05) is 303 Å². The molecule has 0 amide bonds. The zero-order valence-electron chi connectivity index (χ0n) is 54.8. The van der Waals surface area contributed by atoms with Crippen LogP contribution in [-0.2, 0) is 0 Å². The van der Waals surface area contributed by atoms with Gasteiger partial charge in [-0.15, -0.1) is 0 Å². The molecule has 2 heteroatoms. The van der Waals surface area contributed by atoms with Gasteiger partial charge in [-0.2, -0.15) is 0 Å². The Bertz CT molecular complexity index is 5870. The van der Waals surface area contributed by atoms with Crippen LogP contribution < -0.4 is 9.80 Å². The van der Waals surface area contributed by atoms with E-state index in [1.54, 1.807) is 0 Å². The number of nitrogens with zero attached hydrogens (tertiary/aromatic N) is 2. The van der Waals surface area contributed by atoms with Crippen molar-refractivity contribution in [2.45, 2.75) is 0 Å². The zero-order chi connectivity index (χ0) is 66.0. The maximum absolute atomic E-state index is 2.40. The summed E-state index contributed by atoms with van der Waals surface area (Å²) in [5.74, 6) is 0. The number of rotatable bonds is 12. The fourth-order valence-corrected chi connectivity index (χ4v) is 15.6. The third kappa shape index (κ3) is 10.5. The Kier molecular flexibility index (Phi) is 14.3. The van der Waals surface area contributed by atoms with Crippen LogP contribution in [0, 0.1) is 0 Å². The van der Waals surface area contributed by atoms with Crippen molar-refractivity contribution < 1.29 is 0 Å². The van der Waals surface area contributed by atoms with E-state index in [4.69, 9.17) is 0 Å². The molecule has 100 heavy (non-hydrogen) atoms. The lowest BCUT2D eigenvalue weighted by Crippen LogP contribution is -2.10. The largest absolute Gasteiger partial charge is 0.310 e. The molecule has 0 heterocycles. The Labute approximate surface area is 580 Å². The first kappa shape index (κ1) is 58.2. The summed E-state index contributed by atoms with van der Waals surface area (Å²) in [5, 5.41) is 24.7. The maximum atomic E-state index is 2.40. The van der Waals surface area contributed by atoms with E-state index < -0.39 is 0 Å². The first-order valence-electron chi connectivity index (χ1n) is 34.5. The molecule has 19 aromatic rings. The van der Waals surface area contributed by atoms with Gasteiger partial charge in [0.25, 0.3) is 0 Å². The zero-order valence-corrected chi connectivity index (χ0v) is 54.8. The first-order valence-corrected chi connectivity index (χ1v) is 34.5. The highest BCUT2D eigenvalue weighted by molar-refractivity contribution is 6.23. The van der Waals surface area contributed by atoms with Gasteiger partial charge >= 0.3 is 0 Å². The first-order chi connectivity index (χ1) is 49.5. The van der Waals surface area contributed by atoms with E-state index in [9.17, 15) is 0 Å². The van der Waals surface area contributed by atoms with Gasteiger partial charge < -0.3 is 9.80 Å². The SMILES string of the molecule is C(=C\c1ccc2c(-c3ccccc3)c(-c3ccccc3)c3ccc(/C=C/c4ccc(N(c5ccc6c(ccc7ccccc76)c5)c5ccc6c(ccc7ccccc76)c5)cc4)cc3c2c1)/c1ccc(N(c2ccc3c(ccc4ccccc43)c2)c2ccc3c(ccc4ccccc43)c2)cc1. The molecule has 0 aliphatic carbocycles. The van der Waals surface area contributed by atoms with Gasteiger partial charge in [-0.05, 0) is 237 Å². The minimum atomic E-state index is 1.09. The van der Waals surface area contributed by atoms with E-state index in [1.807, 2.05) is 0 Å². The molecule has 0 aromatic heterocycles. The molecule has 0 spiro atoms. The van der Waals surface area contributed by atoms with Crippen molar-refractivity contribution >= 4 is 166 Å². The number of benzene rings is 19. The topological polar surface area (TPSA) is 6.48 Å². The summed E-state index contributed by atoms with van der Waals surface area (Å²) in [6.07, 6.45) is 9.04. The summed E-state index contributed by atoms with van der Waals surface area (Å²) in [6, 6.07) is 134. The van der Waals surface area contributed by atoms with Crippen LogP contribution in [0.5, 0.6) is 0 Å². The lowest BCUT2D eigenvalue weighted by molar-refractivity contribution is 1.29. The predicted molar refractivity (Wildman–Crippen MR) is 432 cm³/mol. The Hall–Kier alpha value is -13.1. The molecular formula is C98H64N2. The summed E-state index contributed by atoms with van der Waals surface area (Å²) in [5.41, 5.74) is 15.9. The molecule has 19 rings (SSSR count). The van der Waals surface area contributed by atoms with E-state index in [0.717, 1.165) is 56.4 Å². The normalized spacial score (nSPS) is 11.9. The third-order valence-electron chi connectivity index (χ3n) is 20.5. The van der Waals surface area contributed by atoms with Crippen molar-refractivity contribution in [1.29, 1.82) is 0 Å². The van der Waals surface area contributed by atoms with Crippen LogP contribution in [0.3, 0.4) is 0 Å². The van der Waals surface area contributed by atoms with Gasteiger partial charge in [0.1, 0.15) is 0 Å². The third-order valence-corrected chi connectivity index (χ3v) is 20.5. The number of hydrogen-bond acceptors (Lipinski definition) is 2. The second-order valence-corrected chi connectivity index (χ2v) is 26.4. The summed E-state index contributed by atoms with van der Waals surface area (Å²) in [7, 11) is 0. The van der Waals surface area contributed by atoms with E-state index >= 15 is 0 Å². The van der Waals surface area contributed by atoms with Crippen LogP contribution in [0.2, 0.25) is 0 Å². The highest BCUT2D eigenvalue weighted by atomic mass is 15.1. The Balaban J connectivity index is 0.681. The highest BCUT2D eigenvalue weighted by Gasteiger charge is 2.21. The Morgan fingerprint density at radius 3 is 0.710 bits per heavy atom. The van der Waals surface area contributed by atoms with E-state index in [1.165, 1.54) is 130 Å². The molecule has 0 bridgehead atoms. The van der Waals surface area contributed by atoms with Crippen LogP contribution in [0.15, 0.2) is 364 Å². The lowest BCUT2D eigenvalue weighted by Gasteiger charge is -2.26. The second-order valence-electron chi connectivity index (χ2n) is 26.4. The average molecular weight is 1270 g/mol. The molecule has 0 radical (unpaired) electrons. The molecule has 466 valence electrons. The monoisotopic (exact) mass is 1270 g/mol. The summed E-state index contributed by atoms with van der Waals surface area (Å²) in [6.45, 7) is 0.